The van der Waals surface area contributed by atoms with Gasteiger partial charge in [0.1, 0.15) is 0 Å². The Labute approximate surface area is 58.8 Å². The molecular weight excluding hydrogens is 138 g/mol. The van der Waals surface area contributed by atoms with E-state index in [0.29, 0.717) is 0 Å². The maximum Gasteiger partial charge on any atom is 0.240 e. The van der Waals surface area contributed by atoms with E-state index >= 15 is 0 Å². The van der Waals surface area contributed by atoms with Gasteiger partial charge in [-0.1, -0.05) is 0 Å². The van der Waals surface area contributed by atoms with Gasteiger partial charge < -0.3 is 5.32 Å². The Balaban J connectivity index is 3.27. The molecule has 1 unspecified atom stereocenters. The number of nitrogens with zero attached hydrogens (tertiary/aromatic N) is 1. The number of nitriles is 1. The highest BCUT2D eigenvalue weighted by molar-refractivity contribution is 4.75. The number of nitrogens with one attached hydrogen (secondary N) is 1. The maximum absolute atomic E-state index is 11.6. The van der Waals surface area contributed by atoms with E-state index in [1.807, 2.05) is 6.07 Å². The van der Waals surface area contributed by atoms with Gasteiger partial charge in [-0.2, -0.15) is 5.26 Å². The lowest BCUT2D eigenvalue weighted by atomic mass is 10.2. The van der Waals surface area contributed by atoms with Gasteiger partial charge in [0.25, 0.3) is 0 Å². The monoisotopic (exact) mass is 148 g/mol. The SMILES string of the molecule is CC(CC(F)F)NCC#N. The van der Waals surface area contributed by atoms with Crippen molar-refractivity contribution in [3.63, 3.8) is 0 Å². The fourth-order valence-electron chi connectivity index (χ4n) is 0.570. The number of hydrogen-bond acceptors (Lipinski definition) is 2. The number of rotatable bonds is 4. The second-order valence-corrected chi connectivity index (χ2v) is 2.07. The molecule has 0 heterocycles. The van der Waals surface area contributed by atoms with E-state index in [2.05, 4.69) is 5.32 Å². The van der Waals surface area contributed by atoms with Gasteiger partial charge in [0.15, 0.2) is 0 Å². The summed E-state index contributed by atoms with van der Waals surface area (Å²) in [5, 5.41) is 10.7. The molecule has 0 fully saturated rings. The van der Waals surface area contributed by atoms with Crippen LogP contribution in [0.15, 0.2) is 0 Å². The third-order valence-corrected chi connectivity index (χ3v) is 1.06. The molecule has 10 heavy (non-hydrogen) atoms. The first kappa shape index (κ1) is 9.31. The van der Waals surface area contributed by atoms with Crippen LogP contribution < -0.4 is 5.32 Å². The van der Waals surface area contributed by atoms with Crippen molar-refractivity contribution in [2.24, 2.45) is 0 Å². The second kappa shape index (κ2) is 5.12. The summed E-state index contributed by atoms with van der Waals surface area (Å²) in [6.45, 7) is 1.76. The summed E-state index contributed by atoms with van der Waals surface area (Å²) in [6.07, 6.45) is -2.48. The summed E-state index contributed by atoms with van der Waals surface area (Å²) in [6, 6.07) is 1.54. The molecule has 0 aromatic heterocycles. The van der Waals surface area contributed by atoms with E-state index in [1.165, 1.54) is 0 Å². The van der Waals surface area contributed by atoms with Crippen LogP contribution in [0.3, 0.4) is 0 Å². The minimum Gasteiger partial charge on any atom is -0.302 e. The van der Waals surface area contributed by atoms with E-state index in [1.54, 1.807) is 6.92 Å². The molecule has 0 aliphatic rings. The standard InChI is InChI=1S/C6H10F2N2/c1-5(4-6(7)8)10-3-2-9/h5-6,10H,3-4H2,1H3. The molecule has 0 saturated heterocycles. The van der Waals surface area contributed by atoms with Crippen LogP contribution >= 0.6 is 0 Å². The van der Waals surface area contributed by atoms with Crippen LogP contribution in [0, 0.1) is 11.3 Å². The maximum atomic E-state index is 11.6. The smallest absolute Gasteiger partial charge is 0.240 e. The largest absolute Gasteiger partial charge is 0.302 e. The van der Waals surface area contributed by atoms with Crippen molar-refractivity contribution in [1.29, 1.82) is 5.26 Å². The highest BCUT2D eigenvalue weighted by atomic mass is 19.3. The highest BCUT2D eigenvalue weighted by Gasteiger charge is 2.08. The van der Waals surface area contributed by atoms with Crippen molar-refractivity contribution >= 4 is 0 Å². The van der Waals surface area contributed by atoms with Gasteiger partial charge in [-0.05, 0) is 6.92 Å². The van der Waals surface area contributed by atoms with Crippen LogP contribution in [-0.2, 0) is 0 Å². The summed E-state index contributed by atoms with van der Waals surface area (Å²) >= 11 is 0. The Kier molecular flexibility index (Phi) is 4.77. The first-order valence-electron chi connectivity index (χ1n) is 3.05. The van der Waals surface area contributed by atoms with Crippen LogP contribution in [0.4, 0.5) is 8.78 Å². The van der Waals surface area contributed by atoms with Gasteiger partial charge in [-0.25, -0.2) is 8.78 Å². The van der Waals surface area contributed by atoms with Crippen molar-refractivity contribution in [3.8, 4) is 6.07 Å². The molecule has 0 bridgehead atoms. The van der Waals surface area contributed by atoms with Gasteiger partial charge in [-0.3, -0.25) is 0 Å². The number of hydrogen-bond donors (Lipinski definition) is 1. The first-order chi connectivity index (χ1) is 4.66. The fourth-order valence-corrected chi connectivity index (χ4v) is 0.570. The summed E-state index contributed by atoms with van der Waals surface area (Å²) in [7, 11) is 0. The zero-order valence-corrected chi connectivity index (χ0v) is 5.77. The first-order valence-corrected chi connectivity index (χ1v) is 3.05. The van der Waals surface area contributed by atoms with Crippen LogP contribution in [0.5, 0.6) is 0 Å². The number of halogens is 2. The summed E-state index contributed by atoms with van der Waals surface area (Å²) in [4.78, 5) is 0. The van der Waals surface area contributed by atoms with Gasteiger partial charge in [0, 0.05) is 12.5 Å². The zero-order chi connectivity index (χ0) is 7.98. The molecule has 4 heteroatoms. The Morgan fingerprint density at radius 2 is 2.20 bits per heavy atom. The molecule has 58 valence electrons. The van der Waals surface area contributed by atoms with Crippen molar-refractivity contribution in [2.45, 2.75) is 25.8 Å². The molecule has 0 aliphatic carbocycles. The van der Waals surface area contributed by atoms with E-state index in [9.17, 15) is 8.78 Å². The molecule has 0 saturated carbocycles. The average Bonchev–Trinajstić information content (AvgIpc) is 1.82. The lowest BCUT2D eigenvalue weighted by molar-refractivity contribution is 0.125. The highest BCUT2D eigenvalue weighted by Crippen LogP contribution is 2.02. The molecule has 0 aliphatic heterocycles. The lowest BCUT2D eigenvalue weighted by Gasteiger charge is -2.08. The Morgan fingerprint density at radius 3 is 2.60 bits per heavy atom. The zero-order valence-electron chi connectivity index (χ0n) is 5.77. The average molecular weight is 148 g/mol. The van der Waals surface area contributed by atoms with Gasteiger partial charge in [0.2, 0.25) is 6.43 Å². The molecule has 0 aromatic rings. The lowest BCUT2D eigenvalue weighted by Crippen LogP contribution is -2.28. The van der Waals surface area contributed by atoms with Gasteiger partial charge in [-0.15, -0.1) is 0 Å². The Morgan fingerprint density at radius 1 is 1.60 bits per heavy atom. The van der Waals surface area contributed by atoms with E-state index in [-0.39, 0.29) is 19.0 Å². The van der Waals surface area contributed by atoms with Crippen molar-refractivity contribution < 1.29 is 8.78 Å². The van der Waals surface area contributed by atoms with Crippen LogP contribution in [0.2, 0.25) is 0 Å². The third kappa shape index (κ3) is 5.45. The molecule has 0 aromatic carbocycles. The van der Waals surface area contributed by atoms with E-state index in [4.69, 9.17) is 5.26 Å². The third-order valence-electron chi connectivity index (χ3n) is 1.06. The molecule has 2 nitrogen and oxygen atoms in total. The molecule has 1 atom stereocenters. The number of alkyl halides is 2. The Bertz CT molecular complexity index is 119. The predicted molar refractivity (Wildman–Crippen MR) is 33.7 cm³/mol. The van der Waals surface area contributed by atoms with Gasteiger partial charge >= 0.3 is 0 Å². The van der Waals surface area contributed by atoms with E-state index < -0.39 is 6.43 Å². The molecule has 1 N–H and O–H groups in total. The summed E-state index contributed by atoms with van der Waals surface area (Å²) < 4.78 is 23.2. The quantitative estimate of drug-likeness (QED) is 0.607. The van der Waals surface area contributed by atoms with Crippen molar-refractivity contribution in [3.05, 3.63) is 0 Å². The molecule has 0 radical (unpaired) electrons. The molecule has 0 rings (SSSR count). The van der Waals surface area contributed by atoms with Crippen LogP contribution in [-0.4, -0.2) is 19.0 Å². The summed E-state index contributed by atoms with van der Waals surface area (Å²) in [5.41, 5.74) is 0. The second-order valence-electron chi connectivity index (χ2n) is 2.07. The normalized spacial score (nSPS) is 13.1. The fraction of sp³-hybridized carbons (Fsp3) is 0.833. The van der Waals surface area contributed by atoms with Crippen LogP contribution in [0.25, 0.3) is 0 Å². The minimum atomic E-state index is -2.29. The molecule has 0 spiro atoms. The Hall–Kier alpha value is -0.690. The summed E-state index contributed by atoms with van der Waals surface area (Å²) in [5.74, 6) is 0. The molecule has 0 amide bonds. The van der Waals surface area contributed by atoms with Crippen LogP contribution in [0.1, 0.15) is 13.3 Å². The topological polar surface area (TPSA) is 35.8 Å². The van der Waals surface area contributed by atoms with Crippen molar-refractivity contribution in [2.75, 3.05) is 6.54 Å². The van der Waals surface area contributed by atoms with Crippen molar-refractivity contribution in [1.82, 2.24) is 5.32 Å². The van der Waals surface area contributed by atoms with E-state index in [0.717, 1.165) is 0 Å². The predicted octanol–water partition coefficient (Wildman–Crippen LogP) is 1.14. The molecular formula is C6H10F2N2. The minimum absolute atomic E-state index is 0.133. The van der Waals surface area contributed by atoms with Gasteiger partial charge in [0.05, 0.1) is 12.6 Å².